The topological polar surface area (TPSA) is 74.6 Å². The van der Waals surface area contributed by atoms with Crippen LogP contribution in [-0.2, 0) is 9.59 Å². The van der Waals surface area contributed by atoms with E-state index in [-0.39, 0.29) is 48.7 Å². The highest BCUT2D eigenvalue weighted by Gasteiger charge is 2.72. The van der Waals surface area contributed by atoms with Gasteiger partial charge in [-0.15, -0.1) is 0 Å². The molecule has 0 bridgehead atoms. The molecule has 0 aromatic carbocycles. The number of rotatable bonds is 2. The van der Waals surface area contributed by atoms with Gasteiger partial charge in [-0.05, 0) is 55.1 Å². The quantitative estimate of drug-likeness (QED) is 0.770. The number of ketones is 2. The van der Waals surface area contributed by atoms with Crippen molar-refractivity contribution < 1.29 is 28.6 Å². The van der Waals surface area contributed by atoms with Crippen molar-refractivity contribution in [3.8, 4) is 0 Å². The van der Waals surface area contributed by atoms with E-state index in [1.807, 2.05) is 6.92 Å². The lowest BCUT2D eigenvalue weighted by Crippen LogP contribution is -2.69. The van der Waals surface area contributed by atoms with Crippen LogP contribution in [0.15, 0.2) is 11.6 Å². The third-order valence-electron chi connectivity index (χ3n) is 8.57. The highest BCUT2D eigenvalue weighted by atomic mass is 19.1. The first-order chi connectivity index (χ1) is 12.6. The number of carbonyl (C=O) groups excluding carboxylic acids is 2. The van der Waals surface area contributed by atoms with E-state index in [0.29, 0.717) is 12.8 Å². The van der Waals surface area contributed by atoms with E-state index in [0.717, 1.165) is 0 Å². The van der Waals surface area contributed by atoms with Gasteiger partial charge in [0.1, 0.15) is 18.4 Å². The van der Waals surface area contributed by atoms with Crippen molar-refractivity contribution in [2.75, 3.05) is 6.61 Å². The molecule has 4 aliphatic rings. The molecule has 27 heavy (non-hydrogen) atoms. The standard InChI is InChI=1S/C21H28F2O4/c1-19-9-18(27)21(23)14(12(19)3-4-13(19)17(26)10-24)8-16(22)15-7-11(25)5-6-20(15,21)2/h7,12-14,16,18,24,27H,3-6,8-10H2,1-2H3/t12-,13+,14-,16-,18-,19-,20-,21-/m0/s1. The molecule has 3 saturated carbocycles. The molecule has 6 heteroatoms. The molecule has 8 atom stereocenters. The molecule has 0 radical (unpaired) electrons. The number of fused-ring (bicyclic) bond motifs is 5. The molecule has 0 aromatic rings. The number of alkyl halides is 2. The zero-order chi connectivity index (χ0) is 19.8. The average molecular weight is 382 g/mol. The van der Waals surface area contributed by atoms with Crippen molar-refractivity contribution >= 4 is 11.6 Å². The second-order valence-corrected chi connectivity index (χ2v) is 9.56. The van der Waals surface area contributed by atoms with Crippen molar-refractivity contribution in [3.05, 3.63) is 11.6 Å². The summed E-state index contributed by atoms with van der Waals surface area (Å²) in [6.45, 7) is 2.98. The van der Waals surface area contributed by atoms with E-state index in [1.165, 1.54) is 6.08 Å². The van der Waals surface area contributed by atoms with Crippen molar-refractivity contribution in [1.29, 1.82) is 0 Å². The second-order valence-electron chi connectivity index (χ2n) is 9.56. The summed E-state index contributed by atoms with van der Waals surface area (Å²) in [6, 6.07) is 0. The average Bonchev–Trinajstić information content (AvgIpc) is 2.95. The van der Waals surface area contributed by atoms with E-state index in [1.54, 1.807) is 6.92 Å². The number of aliphatic hydroxyl groups excluding tert-OH is 2. The zero-order valence-electron chi connectivity index (χ0n) is 15.9. The smallest absolute Gasteiger partial charge is 0.161 e. The minimum Gasteiger partial charge on any atom is -0.390 e. The number of allylic oxidation sites excluding steroid dienone is 1. The van der Waals surface area contributed by atoms with Crippen LogP contribution >= 0.6 is 0 Å². The fourth-order valence-electron chi connectivity index (χ4n) is 7.20. The maximum atomic E-state index is 16.7. The SMILES string of the molecule is C[C@]12C[C@H](O)[C@@]3(F)[C@@H](C[C@H](F)C4=CC(=O)CC[C@@]43C)[C@@H]1CC[C@@H]2C(=O)CO. The maximum Gasteiger partial charge on any atom is 0.161 e. The van der Waals surface area contributed by atoms with Crippen molar-refractivity contribution in [2.24, 2.45) is 28.6 Å². The predicted molar refractivity (Wildman–Crippen MR) is 94.3 cm³/mol. The molecule has 0 aliphatic heterocycles. The van der Waals surface area contributed by atoms with Gasteiger partial charge in [0.15, 0.2) is 11.6 Å². The largest absolute Gasteiger partial charge is 0.390 e. The Balaban J connectivity index is 1.80. The Morgan fingerprint density at radius 1 is 1.30 bits per heavy atom. The molecule has 0 heterocycles. The van der Waals surface area contributed by atoms with Crippen LogP contribution in [0.3, 0.4) is 0 Å². The van der Waals surface area contributed by atoms with Gasteiger partial charge in [-0.25, -0.2) is 8.78 Å². The summed E-state index contributed by atoms with van der Waals surface area (Å²) in [4.78, 5) is 24.1. The van der Waals surface area contributed by atoms with E-state index >= 15 is 8.78 Å². The minimum atomic E-state index is -2.01. The molecule has 0 unspecified atom stereocenters. The van der Waals surface area contributed by atoms with Crippen LogP contribution in [0, 0.1) is 28.6 Å². The Morgan fingerprint density at radius 3 is 2.67 bits per heavy atom. The van der Waals surface area contributed by atoms with Crippen molar-refractivity contribution in [1.82, 2.24) is 0 Å². The number of carbonyl (C=O) groups is 2. The van der Waals surface area contributed by atoms with E-state index in [4.69, 9.17) is 0 Å². The number of Topliss-reactive ketones (excluding diaryl/α,β-unsaturated/α-hetero) is 1. The van der Waals surface area contributed by atoms with Crippen LogP contribution in [0.5, 0.6) is 0 Å². The lowest BCUT2D eigenvalue weighted by molar-refractivity contribution is -0.215. The summed E-state index contributed by atoms with van der Waals surface area (Å²) in [5.41, 5.74) is -3.66. The minimum absolute atomic E-state index is 0.0669. The summed E-state index contributed by atoms with van der Waals surface area (Å²) < 4.78 is 31.9. The van der Waals surface area contributed by atoms with Crippen LogP contribution in [0.1, 0.15) is 52.4 Å². The summed E-state index contributed by atoms with van der Waals surface area (Å²) in [5, 5.41) is 20.3. The first-order valence-corrected chi connectivity index (χ1v) is 9.99. The third-order valence-corrected chi connectivity index (χ3v) is 8.57. The fourth-order valence-corrected chi connectivity index (χ4v) is 7.20. The molecule has 4 nitrogen and oxygen atoms in total. The molecule has 4 rings (SSSR count). The van der Waals surface area contributed by atoms with E-state index in [2.05, 4.69) is 0 Å². The van der Waals surface area contributed by atoms with Gasteiger partial charge in [-0.3, -0.25) is 9.59 Å². The van der Waals surface area contributed by atoms with Crippen LogP contribution in [0.25, 0.3) is 0 Å². The summed E-state index contributed by atoms with van der Waals surface area (Å²) in [7, 11) is 0. The summed E-state index contributed by atoms with van der Waals surface area (Å²) in [5.74, 6) is -1.81. The van der Waals surface area contributed by atoms with Crippen LogP contribution in [0.2, 0.25) is 0 Å². The van der Waals surface area contributed by atoms with Gasteiger partial charge in [0.05, 0.1) is 6.10 Å². The number of aliphatic hydroxyl groups is 2. The van der Waals surface area contributed by atoms with Gasteiger partial charge < -0.3 is 10.2 Å². The Labute approximate surface area is 158 Å². The van der Waals surface area contributed by atoms with Crippen LogP contribution < -0.4 is 0 Å². The zero-order valence-corrected chi connectivity index (χ0v) is 15.9. The first kappa shape index (κ1) is 19.2. The molecular weight excluding hydrogens is 354 g/mol. The highest BCUT2D eigenvalue weighted by molar-refractivity contribution is 5.92. The third kappa shape index (κ3) is 2.26. The van der Waals surface area contributed by atoms with Crippen LogP contribution in [-0.4, -0.2) is 46.3 Å². The lowest BCUT2D eigenvalue weighted by Gasteiger charge is -2.63. The van der Waals surface area contributed by atoms with Crippen molar-refractivity contribution in [3.63, 3.8) is 0 Å². The number of hydrogen-bond acceptors (Lipinski definition) is 4. The van der Waals surface area contributed by atoms with E-state index < -0.39 is 47.2 Å². The van der Waals surface area contributed by atoms with Gasteiger partial charge in [-0.1, -0.05) is 13.8 Å². The molecule has 3 fully saturated rings. The molecule has 2 N–H and O–H groups in total. The highest BCUT2D eigenvalue weighted by Crippen LogP contribution is 2.69. The molecule has 0 amide bonds. The Kier molecular flexibility index (Phi) is 4.21. The van der Waals surface area contributed by atoms with Crippen molar-refractivity contribution in [2.45, 2.75) is 70.3 Å². The van der Waals surface area contributed by atoms with Gasteiger partial charge in [0, 0.05) is 23.7 Å². The fraction of sp³-hybridized carbons (Fsp3) is 0.810. The van der Waals surface area contributed by atoms with Gasteiger partial charge in [0.25, 0.3) is 0 Å². The van der Waals surface area contributed by atoms with Gasteiger partial charge in [-0.2, -0.15) is 0 Å². The van der Waals surface area contributed by atoms with Gasteiger partial charge in [0.2, 0.25) is 0 Å². The first-order valence-electron chi connectivity index (χ1n) is 9.99. The molecular formula is C21H28F2O4. The lowest BCUT2D eigenvalue weighted by atomic mass is 9.44. The predicted octanol–water partition coefficient (Wildman–Crippen LogP) is 2.71. The Bertz CT molecular complexity index is 721. The molecule has 150 valence electrons. The second kappa shape index (κ2) is 5.93. The molecule has 0 saturated heterocycles. The summed E-state index contributed by atoms with van der Waals surface area (Å²) >= 11 is 0. The molecule has 4 aliphatic carbocycles. The summed E-state index contributed by atoms with van der Waals surface area (Å²) in [6.07, 6.45) is 0.0675. The molecule has 0 spiro atoms. The van der Waals surface area contributed by atoms with Crippen LogP contribution in [0.4, 0.5) is 8.78 Å². The maximum absolute atomic E-state index is 16.7. The number of hydrogen-bond donors (Lipinski definition) is 2. The van der Waals surface area contributed by atoms with Gasteiger partial charge >= 0.3 is 0 Å². The normalized spacial score (nSPS) is 51.9. The Morgan fingerprint density at radius 2 is 2.00 bits per heavy atom. The Hall–Kier alpha value is -1.14. The monoisotopic (exact) mass is 382 g/mol. The number of halogens is 2. The molecule has 0 aromatic heterocycles. The van der Waals surface area contributed by atoms with E-state index in [9.17, 15) is 19.8 Å².